The highest BCUT2D eigenvalue weighted by molar-refractivity contribution is 6.35. The average Bonchev–Trinajstić information content (AvgIpc) is 2.77. The summed E-state index contributed by atoms with van der Waals surface area (Å²) in [5.41, 5.74) is -0.111. The lowest BCUT2D eigenvalue weighted by Gasteiger charge is -2.37. The van der Waals surface area contributed by atoms with Gasteiger partial charge in [-0.3, -0.25) is 4.57 Å². The molecule has 2 aromatic carbocycles. The fraction of sp³-hybridized carbons (Fsp3) is 0.364. The van der Waals surface area contributed by atoms with E-state index in [0.717, 1.165) is 13.1 Å². The number of nitrogens with zero attached hydrogens (tertiary/aromatic N) is 3. The number of halogens is 2. The molecule has 1 saturated heterocycles. The van der Waals surface area contributed by atoms with Crippen LogP contribution in [0.4, 0.5) is 10.2 Å². The number of phenols is 1. The number of hydrogen-bond acceptors (Lipinski definition) is 7. The second kappa shape index (κ2) is 7.91. The van der Waals surface area contributed by atoms with Crippen molar-refractivity contribution in [2.24, 2.45) is 0 Å². The van der Waals surface area contributed by atoms with Crippen molar-refractivity contribution >= 4 is 28.3 Å². The average molecular weight is 461 g/mol. The highest BCUT2D eigenvalue weighted by atomic mass is 35.5. The zero-order valence-corrected chi connectivity index (χ0v) is 18.1. The Morgan fingerprint density at radius 3 is 2.91 bits per heavy atom. The molecule has 0 unspecified atom stereocenters. The maximum Gasteiger partial charge on any atom is 0.350 e. The van der Waals surface area contributed by atoms with Gasteiger partial charge in [-0.25, -0.2) is 9.18 Å². The number of benzene rings is 2. The fourth-order valence-electron chi connectivity index (χ4n) is 4.56. The minimum absolute atomic E-state index is 0.0217. The Labute approximate surface area is 187 Å². The fourth-order valence-corrected chi connectivity index (χ4v) is 4.85. The highest BCUT2D eigenvalue weighted by Gasteiger charge is 2.33. The second-order valence-electron chi connectivity index (χ2n) is 8.07. The maximum absolute atomic E-state index is 14.8. The first-order chi connectivity index (χ1) is 15.4. The number of phenolic OH excluding ortho intramolecular Hbond substituents is 1. The van der Waals surface area contributed by atoms with Crippen LogP contribution >= 0.6 is 11.6 Å². The number of aliphatic hydroxyl groups excluding tert-OH is 1. The van der Waals surface area contributed by atoms with E-state index in [9.17, 15) is 19.4 Å². The van der Waals surface area contributed by atoms with Crippen molar-refractivity contribution in [2.45, 2.75) is 19.0 Å². The molecule has 8 nitrogen and oxygen atoms in total. The van der Waals surface area contributed by atoms with Gasteiger partial charge in [0, 0.05) is 31.1 Å². The van der Waals surface area contributed by atoms with E-state index in [1.807, 2.05) is 11.8 Å². The van der Waals surface area contributed by atoms with Crippen LogP contribution in [0.15, 0.2) is 29.1 Å². The van der Waals surface area contributed by atoms with Gasteiger partial charge < -0.3 is 25.2 Å². The summed E-state index contributed by atoms with van der Waals surface area (Å²) < 4.78 is 22.1. The van der Waals surface area contributed by atoms with Crippen LogP contribution in [0.3, 0.4) is 0 Å². The SMILES string of the molecule is C[C@H]1CNCCN1c1nc(=O)n2c3c(c(-c4c(O)cccc4F)c(Cl)cc13)OC[C@@H]2CO. The van der Waals surface area contributed by atoms with Crippen molar-refractivity contribution < 1.29 is 19.3 Å². The van der Waals surface area contributed by atoms with E-state index in [0.29, 0.717) is 23.3 Å². The highest BCUT2D eigenvalue weighted by Crippen LogP contribution is 2.49. The van der Waals surface area contributed by atoms with E-state index in [1.54, 1.807) is 6.07 Å². The quantitative estimate of drug-likeness (QED) is 0.551. The molecule has 0 aliphatic carbocycles. The van der Waals surface area contributed by atoms with Crippen molar-refractivity contribution in [3.63, 3.8) is 0 Å². The van der Waals surface area contributed by atoms with Gasteiger partial charge in [-0.05, 0) is 25.1 Å². The van der Waals surface area contributed by atoms with Crippen LogP contribution in [0.5, 0.6) is 11.5 Å². The van der Waals surface area contributed by atoms with Gasteiger partial charge in [-0.1, -0.05) is 17.7 Å². The molecule has 1 aromatic heterocycles. The zero-order valence-electron chi connectivity index (χ0n) is 17.3. The van der Waals surface area contributed by atoms with Crippen LogP contribution in [-0.4, -0.2) is 58.7 Å². The van der Waals surface area contributed by atoms with Gasteiger partial charge >= 0.3 is 5.69 Å². The molecule has 10 heteroatoms. The third-order valence-electron chi connectivity index (χ3n) is 6.11. The standard InChI is InChI=1S/C22H22ClFN4O4/c1-11-8-25-5-6-27(11)21-13-7-14(23)17(18-15(24)3-2-4-16(18)30)20-19(13)28(22(31)26-21)12(9-29)10-32-20/h2-4,7,11-12,25,29-30H,5-6,8-10H2,1H3/t11-,12-/m0/s1. The largest absolute Gasteiger partial charge is 0.507 e. The molecule has 3 heterocycles. The summed E-state index contributed by atoms with van der Waals surface area (Å²) in [6.07, 6.45) is 0. The number of aliphatic hydroxyl groups is 1. The molecule has 0 radical (unpaired) electrons. The normalized spacial score (nSPS) is 20.4. The predicted octanol–water partition coefficient (Wildman–Crippen LogP) is 2.29. The minimum Gasteiger partial charge on any atom is -0.507 e. The summed E-state index contributed by atoms with van der Waals surface area (Å²) in [6, 6.07) is 5.01. The van der Waals surface area contributed by atoms with Gasteiger partial charge in [0.2, 0.25) is 0 Å². The third-order valence-corrected chi connectivity index (χ3v) is 6.41. The van der Waals surface area contributed by atoms with E-state index >= 15 is 0 Å². The molecule has 1 fully saturated rings. The summed E-state index contributed by atoms with van der Waals surface area (Å²) in [7, 11) is 0. The molecule has 168 valence electrons. The molecule has 0 saturated carbocycles. The summed E-state index contributed by atoms with van der Waals surface area (Å²) in [5.74, 6) is -0.324. The lowest BCUT2D eigenvalue weighted by molar-refractivity contribution is 0.156. The number of anilines is 1. The maximum atomic E-state index is 14.8. The van der Waals surface area contributed by atoms with E-state index in [-0.39, 0.29) is 46.9 Å². The number of aromatic hydroxyl groups is 1. The van der Waals surface area contributed by atoms with Gasteiger partial charge in [0.15, 0.2) is 5.75 Å². The second-order valence-corrected chi connectivity index (χ2v) is 8.48. The van der Waals surface area contributed by atoms with Crippen molar-refractivity contribution in [3.05, 3.63) is 45.6 Å². The van der Waals surface area contributed by atoms with Crippen LogP contribution in [0.25, 0.3) is 22.0 Å². The first kappa shape index (κ1) is 21.0. The van der Waals surface area contributed by atoms with Gasteiger partial charge in [0.05, 0.1) is 34.3 Å². The van der Waals surface area contributed by atoms with Gasteiger partial charge in [-0.2, -0.15) is 4.98 Å². The van der Waals surface area contributed by atoms with Crippen molar-refractivity contribution in [1.82, 2.24) is 14.9 Å². The number of hydrogen-bond donors (Lipinski definition) is 3. The number of piperazine rings is 1. The molecular formula is C22H22ClFN4O4. The first-order valence-corrected chi connectivity index (χ1v) is 10.8. The minimum atomic E-state index is -0.672. The van der Waals surface area contributed by atoms with Gasteiger partial charge in [0.1, 0.15) is 24.0 Å². The summed E-state index contributed by atoms with van der Waals surface area (Å²) in [4.78, 5) is 19.5. The van der Waals surface area contributed by atoms with Crippen LogP contribution in [0.1, 0.15) is 13.0 Å². The molecule has 32 heavy (non-hydrogen) atoms. The molecule has 5 rings (SSSR count). The summed E-state index contributed by atoms with van der Waals surface area (Å²) in [6.45, 7) is 3.77. The van der Waals surface area contributed by atoms with E-state index in [2.05, 4.69) is 10.3 Å². The Hall–Kier alpha value is -2.88. The lowest BCUT2D eigenvalue weighted by atomic mass is 9.98. The Morgan fingerprint density at radius 1 is 1.38 bits per heavy atom. The molecule has 2 aliphatic heterocycles. The molecule has 3 aromatic rings. The molecule has 2 aliphatic rings. The monoisotopic (exact) mass is 460 g/mol. The molecule has 3 N–H and O–H groups in total. The van der Waals surface area contributed by atoms with Gasteiger partial charge in [-0.15, -0.1) is 0 Å². The number of aromatic nitrogens is 2. The van der Waals surface area contributed by atoms with Gasteiger partial charge in [0.25, 0.3) is 0 Å². The molecule has 0 bridgehead atoms. The third kappa shape index (κ3) is 3.11. The van der Waals surface area contributed by atoms with E-state index in [1.165, 1.54) is 22.8 Å². The Balaban J connectivity index is 1.89. The zero-order chi connectivity index (χ0) is 22.6. The Kier molecular flexibility index (Phi) is 5.19. The van der Waals surface area contributed by atoms with Crippen LogP contribution in [-0.2, 0) is 0 Å². The van der Waals surface area contributed by atoms with Crippen LogP contribution < -0.4 is 20.6 Å². The molecular weight excluding hydrogens is 439 g/mol. The Bertz CT molecular complexity index is 1260. The molecule has 2 atom stereocenters. The summed E-state index contributed by atoms with van der Waals surface area (Å²) in [5, 5.41) is 24.3. The predicted molar refractivity (Wildman–Crippen MR) is 119 cm³/mol. The van der Waals surface area contributed by atoms with Crippen molar-refractivity contribution in [1.29, 1.82) is 0 Å². The Morgan fingerprint density at radius 2 is 2.19 bits per heavy atom. The first-order valence-electron chi connectivity index (χ1n) is 10.4. The van der Waals surface area contributed by atoms with Crippen LogP contribution in [0.2, 0.25) is 5.02 Å². The summed E-state index contributed by atoms with van der Waals surface area (Å²) >= 11 is 6.65. The topological polar surface area (TPSA) is 99.9 Å². The molecule has 0 spiro atoms. The number of ether oxygens (including phenoxy) is 1. The van der Waals surface area contributed by atoms with E-state index < -0.39 is 17.5 Å². The smallest absolute Gasteiger partial charge is 0.350 e. The van der Waals surface area contributed by atoms with Crippen molar-refractivity contribution in [3.8, 4) is 22.6 Å². The van der Waals surface area contributed by atoms with Crippen LogP contribution in [0, 0.1) is 5.82 Å². The van der Waals surface area contributed by atoms with E-state index in [4.69, 9.17) is 16.3 Å². The lowest BCUT2D eigenvalue weighted by Crippen LogP contribution is -2.51. The number of rotatable bonds is 3. The number of nitrogens with one attached hydrogen (secondary N) is 1. The molecule has 0 amide bonds. The van der Waals surface area contributed by atoms with Crippen molar-refractivity contribution in [2.75, 3.05) is 37.7 Å².